The van der Waals surface area contributed by atoms with Crippen LogP contribution in [0, 0.1) is 0 Å². The first-order valence-corrected chi connectivity index (χ1v) is 3.32. The summed E-state index contributed by atoms with van der Waals surface area (Å²) in [5.74, 6) is 0.733. The Morgan fingerprint density at radius 1 is 1.42 bits per heavy atom. The van der Waals surface area contributed by atoms with E-state index in [9.17, 15) is 0 Å². The van der Waals surface area contributed by atoms with Crippen molar-refractivity contribution in [2.75, 3.05) is 5.73 Å². The molecule has 3 N–H and O–H groups in total. The normalized spacial score (nSPS) is 10.0. The number of nitrogens with zero attached hydrogens (tertiary/aromatic N) is 4. The number of rotatable bonds is 1. The Kier molecular flexibility index (Phi) is 1.44. The molecule has 6 nitrogen and oxygen atoms in total. The Hall–Kier alpha value is -1.98. The van der Waals surface area contributed by atoms with Crippen molar-refractivity contribution in [3.8, 4) is 11.5 Å². The molecular formula is C6H6N6. The minimum absolute atomic E-state index is 0.274. The van der Waals surface area contributed by atoms with Crippen LogP contribution in [0.4, 0.5) is 5.95 Å². The van der Waals surface area contributed by atoms with Gasteiger partial charge in [0.1, 0.15) is 5.69 Å². The average molecular weight is 162 g/mol. The molecule has 0 aliphatic rings. The fraction of sp³-hybridized carbons (Fsp3) is 0. The maximum atomic E-state index is 5.34. The van der Waals surface area contributed by atoms with E-state index in [1.807, 2.05) is 0 Å². The standard InChI is InChI=1S/C6H6N6/c7-6-9-5(11-12-6)4-2-1-3-8-10-4/h1-3H,(H3,7,9,11,12). The maximum absolute atomic E-state index is 5.34. The van der Waals surface area contributed by atoms with Gasteiger partial charge in [0.2, 0.25) is 11.8 Å². The van der Waals surface area contributed by atoms with Gasteiger partial charge < -0.3 is 5.73 Å². The van der Waals surface area contributed by atoms with Gasteiger partial charge in [-0.05, 0) is 12.1 Å². The molecule has 2 aromatic rings. The number of aromatic amines is 1. The minimum atomic E-state index is 0.274. The Morgan fingerprint density at radius 2 is 2.33 bits per heavy atom. The summed E-state index contributed by atoms with van der Waals surface area (Å²) in [4.78, 5) is 3.89. The number of aromatic nitrogens is 5. The molecule has 0 amide bonds. The van der Waals surface area contributed by atoms with Gasteiger partial charge in [-0.25, -0.2) is 5.10 Å². The highest BCUT2D eigenvalue weighted by atomic mass is 15.3. The lowest BCUT2D eigenvalue weighted by molar-refractivity contribution is 1.01. The summed E-state index contributed by atoms with van der Waals surface area (Å²) in [6.07, 6.45) is 1.58. The number of hydrogen-bond donors (Lipinski definition) is 2. The minimum Gasteiger partial charge on any atom is -0.368 e. The Labute approximate surface area is 67.9 Å². The second-order valence-electron chi connectivity index (χ2n) is 2.15. The molecule has 2 heterocycles. The number of nitrogens with two attached hydrogens (primary N) is 1. The van der Waals surface area contributed by atoms with Gasteiger partial charge in [0.05, 0.1) is 0 Å². The molecule has 2 rings (SSSR count). The molecule has 0 aromatic carbocycles. The fourth-order valence-corrected chi connectivity index (χ4v) is 0.810. The third-order valence-corrected chi connectivity index (χ3v) is 1.30. The highest BCUT2D eigenvalue weighted by Gasteiger charge is 2.03. The van der Waals surface area contributed by atoms with E-state index in [0.717, 1.165) is 0 Å². The van der Waals surface area contributed by atoms with Gasteiger partial charge in [0.15, 0.2) is 0 Å². The van der Waals surface area contributed by atoms with Crippen LogP contribution in [0.3, 0.4) is 0 Å². The fourth-order valence-electron chi connectivity index (χ4n) is 0.810. The van der Waals surface area contributed by atoms with E-state index in [-0.39, 0.29) is 5.95 Å². The van der Waals surface area contributed by atoms with Crippen LogP contribution in [0.25, 0.3) is 11.5 Å². The van der Waals surface area contributed by atoms with Gasteiger partial charge in [-0.15, -0.1) is 5.10 Å². The molecule has 0 unspecified atom stereocenters. The van der Waals surface area contributed by atoms with Crippen molar-refractivity contribution in [1.82, 2.24) is 25.4 Å². The van der Waals surface area contributed by atoms with E-state index in [4.69, 9.17) is 5.73 Å². The van der Waals surface area contributed by atoms with Gasteiger partial charge in [0.25, 0.3) is 0 Å². The van der Waals surface area contributed by atoms with Crippen molar-refractivity contribution in [3.05, 3.63) is 18.3 Å². The molecule has 0 atom stereocenters. The second kappa shape index (κ2) is 2.57. The van der Waals surface area contributed by atoms with Crippen LogP contribution in [0.1, 0.15) is 0 Å². The molecule has 2 aromatic heterocycles. The molecule has 12 heavy (non-hydrogen) atoms. The number of nitrogen functional groups attached to an aromatic ring is 1. The van der Waals surface area contributed by atoms with Gasteiger partial charge >= 0.3 is 0 Å². The third-order valence-electron chi connectivity index (χ3n) is 1.30. The molecule has 0 radical (unpaired) electrons. The zero-order valence-electron chi connectivity index (χ0n) is 6.10. The summed E-state index contributed by atoms with van der Waals surface area (Å²) in [5.41, 5.74) is 5.94. The SMILES string of the molecule is Nc1nc(-c2cccnn2)n[nH]1. The van der Waals surface area contributed by atoms with E-state index < -0.39 is 0 Å². The lowest BCUT2D eigenvalue weighted by Gasteiger charge is -1.88. The molecule has 60 valence electrons. The van der Waals surface area contributed by atoms with Crippen LogP contribution < -0.4 is 5.73 Å². The first-order chi connectivity index (χ1) is 5.86. The summed E-state index contributed by atoms with van der Waals surface area (Å²) in [5, 5.41) is 13.8. The average Bonchev–Trinajstić information content (AvgIpc) is 2.54. The van der Waals surface area contributed by atoms with Crippen LogP contribution in [0.2, 0.25) is 0 Å². The topological polar surface area (TPSA) is 93.4 Å². The number of anilines is 1. The molecule has 0 saturated carbocycles. The van der Waals surface area contributed by atoms with E-state index >= 15 is 0 Å². The van der Waals surface area contributed by atoms with Gasteiger partial charge in [-0.1, -0.05) is 0 Å². The highest BCUT2D eigenvalue weighted by molar-refractivity contribution is 5.48. The summed E-state index contributed by atoms with van der Waals surface area (Å²) in [6.45, 7) is 0. The Bertz CT molecular complexity index is 367. The third kappa shape index (κ3) is 1.09. The molecule has 0 fully saturated rings. The van der Waals surface area contributed by atoms with Gasteiger partial charge in [-0.2, -0.15) is 15.2 Å². The number of hydrogen-bond acceptors (Lipinski definition) is 5. The Balaban J connectivity index is 2.45. The van der Waals surface area contributed by atoms with Crippen molar-refractivity contribution in [2.24, 2.45) is 0 Å². The van der Waals surface area contributed by atoms with Crippen molar-refractivity contribution >= 4 is 5.95 Å². The van der Waals surface area contributed by atoms with E-state index in [1.54, 1.807) is 18.3 Å². The van der Waals surface area contributed by atoms with Crippen molar-refractivity contribution < 1.29 is 0 Å². The first-order valence-electron chi connectivity index (χ1n) is 3.32. The van der Waals surface area contributed by atoms with Crippen LogP contribution in [-0.2, 0) is 0 Å². The number of nitrogens with one attached hydrogen (secondary N) is 1. The Morgan fingerprint density at radius 3 is 2.92 bits per heavy atom. The van der Waals surface area contributed by atoms with Crippen LogP contribution in [0.15, 0.2) is 18.3 Å². The molecule has 6 heteroatoms. The smallest absolute Gasteiger partial charge is 0.216 e. The van der Waals surface area contributed by atoms with Gasteiger partial charge in [-0.3, -0.25) is 0 Å². The number of H-pyrrole nitrogens is 1. The van der Waals surface area contributed by atoms with E-state index in [0.29, 0.717) is 11.5 Å². The molecule has 0 aliphatic carbocycles. The zero-order valence-corrected chi connectivity index (χ0v) is 6.10. The largest absolute Gasteiger partial charge is 0.368 e. The molecular weight excluding hydrogens is 156 g/mol. The quantitative estimate of drug-likeness (QED) is 0.607. The molecule has 0 spiro atoms. The first kappa shape index (κ1) is 6.71. The predicted molar refractivity (Wildman–Crippen MR) is 41.8 cm³/mol. The monoisotopic (exact) mass is 162 g/mol. The summed E-state index contributed by atoms with van der Waals surface area (Å²) in [7, 11) is 0. The van der Waals surface area contributed by atoms with Crippen molar-refractivity contribution in [1.29, 1.82) is 0 Å². The van der Waals surface area contributed by atoms with Crippen LogP contribution >= 0.6 is 0 Å². The molecule has 0 saturated heterocycles. The zero-order chi connectivity index (χ0) is 8.39. The highest BCUT2D eigenvalue weighted by Crippen LogP contribution is 2.08. The van der Waals surface area contributed by atoms with Crippen LogP contribution in [-0.4, -0.2) is 25.4 Å². The lowest BCUT2D eigenvalue weighted by atomic mass is 10.4. The second-order valence-corrected chi connectivity index (χ2v) is 2.15. The van der Waals surface area contributed by atoms with E-state index in [2.05, 4.69) is 25.4 Å². The van der Waals surface area contributed by atoms with Crippen LogP contribution in [0.5, 0.6) is 0 Å². The van der Waals surface area contributed by atoms with Crippen molar-refractivity contribution in [2.45, 2.75) is 0 Å². The summed E-state index contributed by atoms with van der Waals surface area (Å²) in [6, 6.07) is 3.52. The summed E-state index contributed by atoms with van der Waals surface area (Å²) >= 11 is 0. The maximum Gasteiger partial charge on any atom is 0.216 e. The lowest BCUT2D eigenvalue weighted by Crippen LogP contribution is -1.88. The predicted octanol–water partition coefficient (Wildman–Crippen LogP) is -0.156. The molecule has 0 aliphatic heterocycles. The summed E-state index contributed by atoms with van der Waals surface area (Å²) < 4.78 is 0. The van der Waals surface area contributed by atoms with Gasteiger partial charge in [0, 0.05) is 6.20 Å². The van der Waals surface area contributed by atoms with Crippen molar-refractivity contribution in [3.63, 3.8) is 0 Å². The van der Waals surface area contributed by atoms with E-state index in [1.165, 1.54) is 0 Å². The molecule has 0 bridgehead atoms.